The van der Waals surface area contributed by atoms with E-state index < -0.39 is 26.1 Å². The molecule has 1 aromatic carbocycles. The van der Waals surface area contributed by atoms with Gasteiger partial charge in [-0.25, -0.2) is 0 Å². The van der Waals surface area contributed by atoms with Crippen molar-refractivity contribution in [3.05, 3.63) is 41.6 Å². The molecule has 132 valence electrons. The van der Waals surface area contributed by atoms with Crippen molar-refractivity contribution in [2.24, 2.45) is 0 Å². The van der Waals surface area contributed by atoms with Crippen LogP contribution < -0.4 is 9.36 Å². The quantitative estimate of drug-likeness (QED) is 0.819. The van der Waals surface area contributed by atoms with E-state index in [1.807, 2.05) is 0 Å². The zero-order valence-corrected chi connectivity index (χ0v) is 14.3. The van der Waals surface area contributed by atoms with Crippen LogP contribution in [0.3, 0.4) is 0 Å². The Morgan fingerprint density at radius 2 is 2.04 bits per heavy atom. The van der Waals surface area contributed by atoms with Gasteiger partial charge in [0.2, 0.25) is 0 Å². The minimum absolute atomic E-state index is 0.168. The number of hydrogen-bond acceptors (Lipinski definition) is 4. The Labute approximate surface area is 149 Å². The monoisotopic (exact) mass is 389 g/mol. The Kier molecular flexibility index (Phi) is 4.74. The summed E-state index contributed by atoms with van der Waals surface area (Å²) < 4.78 is 38.1. The summed E-state index contributed by atoms with van der Waals surface area (Å²) in [5, 5.41) is 14.5. The van der Waals surface area contributed by atoms with Crippen molar-refractivity contribution < 1.29 is 33.2 Å². The number of hydrogen-bond donors (Lipinski definition) is 1. The Balaban J connectivity index is 1.96. The Bertz CT molecular complexity index is 842. The summed E-state index contributed by atoms with van der Waals surface area (Å²) in [5.74, 6) is 0.487. The number of nitriles is 1. The van der Waals surface area contributed by atoms with Crippen LogP contribution in [0.2, 0.25) is 0 Å². The molecule has 0 bridgehead atoms. The minimum atomic E-state index is -4.27. The van der Waals surface area contributed by atoms with E-state index in [1.54, 1.807) is 30.2 Å². The first-order valence-electron chi connectivity index (χ1n) is 7.41. The van der Waals surface area contributed by atoms with Crippen molar-refractivity contribution in [2.45, 2.75) is 18.1 Å². The number of pyridine rings is 1. The first kappa shape index (κ1) is 17.7. The van der Waals surface area contributed by atoms with E-state index in [0.717, 1.165) is 5.56 Å². The van der Waals surface area contributed by atoms with Crippen molar-refractivity contribution in [3.8, 4) is 17.2 Å². The number of nitrogens with zero attached hydrogens (tertiary/aromatic N) is 3. The standard InChI is InChI=1S/C16H14N3O.CF3.Fe/c1-11-4-2-3-5-15(11)13-6-12(7-17)16(18-8-13)19-9-14(20)10-19;2-1(3)4;/h2,4-6,8,14,20H,9-10H2,1H3;;. The molecule has 0 spiro atoms. The van der Waals surface area contributed by atoms with E-state index in [9.17, 15) is 23.5 Å². The molecule has 0 amide bonds. The van der Waals surface area contributed by atoms with Crippen LogP contribution in [0.15, 0.2) is 30.5 Å². The van der Waals surface area contributed by atoms with Crippen LogP contribution in [0, 0.1) is 18.3 Å². The first-order chi connectivity index (χ1) is 11.8. The molecule has 0 radical (unpaired) electrons. The van der Waals surface area contributed by atoms with Gasteiger partial charge in [-0.05, 0) is 0 Å². The molecule has 3 rings (SSSR count). The van der Waals surface area contributed by atoms with Gasteiger partial charge >= 0.3 is 149 Å². The molecular formula is C17H14F3FeN3O. The van der Waals surface area contributed by atoms with Crippen LogP contribution in [0.1, 0.15) is 11.1 Å². The summed E-state index contributed by atoms with van der Waals surface area (Å²) in [5.41, 5.74) is 2.37. The van der Waals surface area contributed by atoms with Crippen LogP contribution in [-0.4, -0.2) is 34.4 Å². The number of rotatable bonds is 3. The fourth-order valence-corrected chi connectivity index (χ4v) is 3.42. The molecule has 1 fully saturated rings. The van der Waals surface area contributed by atoms with E-state index in [0.29, 0.717) is 35.6 Å². The summed E-state index contributed by atoms with van der Waals surface area (Å²) in [6, 6.07) is 8.30. The normalized spacial score (nSPS) is 15.1. The van der Waals surface area contributed by atoms with Crippen molar-refractivity contribution in [3.63, 3.8) is 0 Å². The Hall–Kier alpha value is -2.07. The van der Waals surface area contributed by atoms with Gasteiger partial charge in [-0.15, -0.1) is 0 Å². The molecule has 0 saturated carbocycles. The average molecular weight is 389 g/mol. The number of aryl methyl sites for hydroxylation is 1. The Morgan fingerprint density at radius 1 is 1.32 bits per heavy atom. The molecule has 8 heteroatoms. The number of β-amino-alcohol motifs (C(OH)–C–C–N with tert-alkyl or cyclic N) is 1. The molecule has 1 N–H and O–H groups in total. The Morgan fingerprint density at radius 3 is 2.64 bits per heavy atom. The topological polar surface area (TPSA) is 60.1 Å². The second kappa shape index (κ2) is 6.68. The molecule has 25 heavy (non-hydrogen) atoms. The number of aliphatic hydroxyl groups is 1. The van der Waals surface area contributed by atoms with Gasteiger partial charge in [-0.1, -0.05) is 0 Å². The van der Waals surface area contributed by atoms with Crippen LogP contribution in [-0.2, 0) is 15.0 Å². The number of aromatic nitrogens is 1. The maximum absolute atomic E-state index is 12.6. The van der Waals surface area contributed by atoms with Crippen LogP contribution in [0.5, 0.6) is 0 Å². The predicted octanol–water partition coefficient (Wildman–Crippen LogP) is 2.34. The van der Waals surface area contributed by atoms with E-state index in [1.165, 1.54) is 12.1 Å². The molecule has 0 unspecified atom stereocenters. The van der Waals surface area contributed by atoms with Gasteiger partial charge in [-0.2, -0.15) is 0 Å². The molecule has 1 aliphatic rings. The molecule has 0 aliphatic carbocycles. The number of halogens is 3. The third kappa shape index (κ3) is 3.95. The summed E-state index contributed by atoms with van der Waals surface area (Å²) in [4.78, 5) is 6.09. The van der Waals surface area contributed by atoms with Crippen LogP contribution in [0.25, 0.3) is 11.1 Å². The van der Waals surface area contributed by atoms with Gasteiger partial charge < -0.3 is 0 Å². The SMILES string of the molecule is Cc1cc[c]([Fe][C](F)(F)F)cc1-c1cnc(N2CC(O)C2)c(C#N)c1. The summed E-state index contributed by atoms with van der Waals surface area (Å²) in [6.45, 7) is 2.64. The maximum atomic E-state index is 12.6. The third-order valence-electron chi connectivity index (χ3n) is 3.85. The van der Waals surface area contributed by atoms with E-state index in [2.05, 4.69) is 11.1 Å². The van der Waals surface area contributed by atoms with Gasteiger partial charge in [0.25, 0.3) is 0 Å². The summed E-state index contributed by atoms with van der Waals surface area (Å²) in [6.07, 6.45) is 1.13. The van der Waals surface area contributed by atoms with Crippen molar-refractivity contribution >= 4 is 10.3 Å². The average Bonchev–Trinajstić information content (AvgIpc) is 2.52. The van der Waals surface area contributed by atoms with Crippen molar-refractivity contribution in [1.29, 1.82) is 5.26 Å². The van der Waals surface area contributed by atoms with Crippen LogP contribution in [0.4, 0.5) is 19.0 Å². The molecule has 4 nitrogen and oxygen atoms in total. The summed E-state index contributed by atoms with van der Waals surface area (Å²) in [7, 11) is 0. The van der Waals surface area contributed by atoms with E-state index >= 15 is 0 Å². The number of alkyl halides is 3. The van der Waals surface area contributed by atoms with Gasteiger partial charge in [-0.3, -0.25) is 0 Å². The second-order valence-corrected chi connectivity index (χ2v) is 7.25. The number of benzene rings is 1. The van der Waals surface area contributed by atoms with Crippen molar-refractivity contribution in [2.75, 3.05) is 18.0 Å². The van der Waals surface area contributed by atoms with Crippen molar-refractivity contribution in [1.82, 2.24) is 4.98 Å². The fraction of sp³-hybridized carbons (Fsp3) is 0.294. The molecular weight excluding hydrogens is 375 g/mol. The van der Waals surface area contributed by atoms with Gasteiger partial charge in [0.05, 0.1) is 0 Å². The van der Waals surface area contributed by atoms with E-state index in [-0.39, 0.29) is 4.46 Å². The fourth-order valence-electron chi connectivity index (χ4n) is 2.64. The number of anilines is 1. The van der Waals surface area contributed by atoms with Gasteiger partial charge in [0.15, 0.2) is 0 Å². The molecule has 1 saturated heterocycles. The third-order valence-corrected chi connectivity index (χ3v) is 4.83. The predicted molar refractivity (Wildman–Crippen MR) is 83.0 cm³/mol. The second-order valence-electron chi connectivity index (χ2n) is 5.71. The summed E-state index contributed by atoms with van der Waals surface area (Å²) >= 11 is -0.997. The molecule has 1 aromatic heterocycles. The molecule has 0 atom stereocenters. The van der Waals surface area contributed by atoms with Gasteiger partial charge in [0.1, 0.15) is 0 Å². The first-order valence-corrected chi connectivity index (χ1v) is 8.51. The molecule has 2 aromatic rings. The van der Waals surface area contributed by atoms with E-state index in [4.69, 9.17) is 0 Å². The van der Waals surface area contributed by atoms with Gasteiger partial charge in [0, 0.05) is 0 Å². The zero-order chi connectivity index (χ0) is 18.2. The number of aliphatic hydroxyl groups excluding tert-OH is 1. The molecule has 2 heterocycles. The van der Waals surface area contributed by atoms with Crippen LogP contribution >= 0.6 is 0 Å². The molecule has 1 aliphatic heterocycles. The zero-order valence-electron chi connectivity index (χ0n) is 13.2.